The van der Waals surface area contributed by atoms with Crippen LogP contribution >= 0.6 is 11.9 Å². The number of para-hydroxylation sites is 1. The normalized spacial score (nSPS) is 14.0. The first-order valence-electron chi connectivity index (χ1n) is 10.4. The summed E-state index contributed by atoms with van der Waals surface area (Å²) >= 11 is 1.62. The largest absolute Gasteiger partial charge is 0.493 e. The van der Waals surface area contributed by atoms with Crippen LogP contribution in [0, 0.1) is 0 Å². The topological polar surface area (TPSA) is 104 Å². The fourth-order valence-corrected chi connectivity index (χ4v) is 4.91. The number of aromatic nitrogens is 4. The molecule has 168 valence electrons. The van der Waals surface area contributed by atoms with Gasteiger partial charge in [0.2, 0.25) is 0 Å². The zero-order valence-electron chi connectivity index (χ0n) is 18.5. The van der Waals surface area contributed by atoms with Crippen LogP contribution < -0.4 is 19.5 Å². The van der Waals surface area contributed by atoms with Gasteiger partial charge in [0, 0.05) is 6.07 Å². The van der Waals surface area contributed by atoms with Crippen molar-refractivity contribution < 1.29 is 9.47 Å². The number of hydrogen-bond acceptors (Lipinski definition) is 9. The molecule has 0 spiro atoms. The number of rotatable bonds is 6. The van der Waals surface area contributed by atoms with E-state index < -0.39 is 0 Å². The smallest absolute Gasteiger partial charge is 0.166 e. The third kappa shape index (κ3) is 3.62. The van der Waals surface area contributed by atoms with Gasteiger partial charge in [-0.3, -0.25) is 4.31 Å². The van der Waals surface area contributed by atoms with Crippen molar-refractivity contribution in [2.24, 2.45) is 4.99 Å². The van der Waals surface area contributed by atoms with Crippen molar-refractivity contribution in [2.45, 2.75) is 24.3 Å². The zero-order valence-corrected chi connectivity index (χ0v) is 19.3. The van der Waals surface area contributed by atoms with Crippen molar-refractivity contribution in [3.05, 3.63) is 55.1 Å². The van der Waals surface area contributed by atoms with Gasteiger partial charge >= 0.3 is 0 Å². The van der Waals surface area contributed by atoms with Crippen molar-refractivity contribution in [3.63, 3.8) is 0 Å². The molecule has 5 rings (SSSR count). The molecule has 9 nitrogen and oxygen atoms in total. The maximum atomic E-state index is 6.03. The van der Waals surface area contributed by atoms with Crippen LogP contribution in [0.4, 0.5) is 17.2 Å². The highest BCUT2D eigenvalue weighted by Gasteiger charge is 2.31. The van der Waals surface area contributed by atoms with Gasteiger partial charge in [-0.1, -0.05) is 19.1 Å². The van der Waals surface area contributed by atoms with Gasteiger partial charge in [0.05, 0.1) is 42.9 Å². The summed E-state index contributed by atoms with van der Waals surface area (Å²) in [6, 6.07) is 13.8. The molecule has 0 amide bonds. The van der Waals surface area contributed by atoms with Crippen LogP contribution in [-0.4, -0.2) is 39.6 Å². The van der Waals surface area contributed by atoms with Crippen molar-refractivity contribution >= 4 is 46.1 Å². The lowest BCUT2D eigenvalue weighted by Crippen LogP contribution is -2.34. The molecule has 1 unspecified atom stereocenters. The minimum absolute atomic E-state index is 0.141. The number of hydrogen-bond donors (Lipinski definition) is 1. The van der Waals surface area contributed by atoms with E-state index in [4.69, 9.17) is 20.2 Å². The minimum atomic E-state index is -0.141. The molecule has 3 heterocycles. The second-order valence-electron chi connectivity index (χ2n) is 7.37. The summed E-state index contributed by atoms with van der Waals surface area (Å²) in [4.78, 5) is 19.1. The molecule has 0 saturated heterocycles. The lowest BCUT2D eigenvalue weighted by atomic mass is 10.1. The Morgan fingerprint density at radius 2 is 1.85 bits per heavy atom. The van der Waals surface area contributed by atoms with Crippen LogP contribution in [0.25, 0.3) is 11.2 Å². The SMILES string of the molecule is CCC(C1=Nc2ccccc2SN1c1ccc(OC)c(OC)c1)n1cnc2c(N)ncnc21. The lowest BCUT2D eigenvalue weighted by Gasteiger charge is -2.33. The summed E-state index contributed by atoms with van der Waals surface area (Å²) in [6.45, 7) is 2.11. The van der Waals surface area contributed by atoms with Crippen molar-refractivity contribution in [1.29, 1.82) is 0 Å². The van der Waals surface area contributed by atoms with Gasteiger partial charge in [-0.25, -0.2) is 19.9 Å². The highest BCUT2D eigenvalue weighted by molar-refractivity contribution is 8.01. The maximum Gasteiger partial charge on any atom is 0.166 e. The molecule has 10 heteroatoms. The van der Waals surface area contributed by atoms with Crippen LogP contribution in [0.2, 0.25) is 0 Å². The van der Waals surface area contributed by atoms with Gasteiger partial charge in [-0.15, -0.1) is 0 Å². The molecule has 2 N–H and O–H groups in total. The predicted molar refractivity (Wildman–Crippen MR) is 130 cm³/mol. The first-order valence-corrected chi connectivity index (χ1v) is 11.2. The third-order valence-corrected chi connectivity index (χ3v) is 6.63. The van der Waals surface area contributed by atoms with E-state index in [1.54, 1.807) is 32.5 Å². The summed E-state index contributed by atoms with van der Waals surface area (Å²) in [7, 11) is 3.26. The number of benzene rings is 2. The van der Waals surface area contributed by atoms with E-state index in [1.807, 2.05) is 41.0 Å². The summed E-state index contributed by atoms with van der Waals surface area (Å²) in [5.41, 5.74) is 9.13. The third-order valence-electron chi connectivity index (χ3n) is 5.51. The Hall–Kier alpha value is -3.79. The predicted octanol–water partition coefficient (Wildman–Crippen LogP) is 4.63. The standard InChI is InChI=1S/C23H23N7O2S/c1-4-16(29-13-27-20-21(24)25-12-26-23(20)29)22-28-15-7-5-6-8-19(15)33-30(22)14-9-10-17(31-2)18(11-14)32-3/h5-13,16H,4H2,1-3H3,(H2,24,25,26). The van der Waals surface area contributed by atoms with Crippen LogP contribution in [-0.2, 0) is 0 Å². The number of ether oxygens (including phenoxy) is 2. The van der Waals surface area contributed by atoms with Crippen molar-refractivity contribution in [1.82, 2.24) is 19.5 Å². The van der Waals surface area contributed by atoms with Crippen LogP contribution in [0.5, 0.6) is 11.5 Å². The molecule has 1 aliphatic heterocycles. The average molecular weight is 462 g/mol. The number of nitrogen functional groups attached to an aromatic ring is 1. The molecule has 0 fully saturated rings. The Kier molecular flexibility index (Phi) is 5.51. The number of methoxy groups -OCH3 is 2. The summed E-state index contributed by atoms with van der Waals surface area (Å²) in [5, 5.41) is 0. The molecule has 2 aromatic carbocycles. The van der Waals surface area contributed by atoms with Gasteiger partial charge in [0.25, 0.3) is 0 Å². The van der Waals surface area contributed by atoms with E-state index in [0.29, 0.717) is 28.5 Å². The Labute approximate surface area is 195 Å². The van der Waals surface area contributed by atoms with Gasteiger partial charge < -0.3 is 19.8 Å². The summed E-state index contributed by atoms with van der Waals surface area (Å²) in [5.74, 6) is 2.53. The van der Waals surface area contributed by atoms with Crippen LogP contribution in [0.1, 0.15) is 19.4 Å². The van der Waals surface area contributed by atoms with E-state index in [2.05, 4.69) is 32.2 Å². The average Bonchev–Trinajstić information content (AvgIpc) is 3.29. The van der Waals surface area contributed by atoms with E-state index >= 15 is 0 Å². The monoisotopic (exact) mass is 461 g/mol. The molecule has 0 aliphatic carbocycles. The number of amidine groups is 1. The number of imidazole rings is 1. The lowest BCUT2D eigenvalue weighted by molar-refractivity contribution is 0.355. The fraction of sp³-hybridized carbons (Fsp3) is 0.217. The molecule has 4 aromatic rings. The molecule has 0 saturated carbocycles. The Morgan fingerprint density at radius 1 is 1.03 bits per heavy atom. The van der Waals surface area contributed by atoms with Gasteiger partial charge in [-0.2, -0.15) is 0 Å². The number of nitrogens with zero attached hydrogens (tertiary/aromatic N) is 6. The number of nitrogens with two attached hydrogens (primary N) is 1. The summed E-state index contributed by atoms with van der Waals surface area (Å²) in [6.07, 6.45) is 3.98. The van der Waals surface area contributed by atoms with Gasteiger partial charge in [0.15, 0.2) is 23.0 Å². The Morgan fingerprint density at radius 3 is 2.64 bits per heavy atom. The quantitative estimate of drug-likeness (QED) is 0.414. The van der Waals surface area contributed by atoms with E-state index in [9.17, 15) is 0 Å². The molecular weight excluding hydrogens is 438 g/mol. The van der Waals surface area contributed by atoms with Gasteiger partial charge in [0.1, 0.15) is 17.7 Å². The number of fused-ring (bicyclic) bond motifs is 2. The fourth-order valence-electron chi connectivity index (χ4n) is 3.89. The highest BCUT2D eigenvalue weighted by Crippen LogP contribution is 2.44. The van der Waals surface area contributed by atoms with Gasteiger partial charge in [-0.05, 0) is 42.6 Å². The number of anilines is 2. The first-order chi connectivity index (χ1) is 16.1. The molecule has 1 atom stereocenters. The second-order valence-corrected chi connectivity index (χ2v) is 8.36. The molecule has 2 aromatic heterocycles. The molecule has 1 aliphatic rings. The van der Waals surface area contributed by atoms with Crippen LogP contribution in [0.3, 0.4) is 0 Å². The van der Waals surface area contributed by atoms with Crippen molar-refractivity contribution in [3.8, 4) is 11.5 Å². The minimum Gasteiger partial charge on any atom is -0.493 e. The zero-order chi connectivity index (χ0) is 22.9. The van der Waals surface area contributed by atoms with Crippen LogP contribution in [0.15, 0.2) is 65.0 Å². The first kappa shape index (κ1) is 21.1. The summed E-state index contributed by atoms with van der Waals surface area (Å²) < 4.78 is 15.1. The van der Waals surface area contributed by atoms with E-state index in [1.165, 1.54) is 6.33 Å². The van der Waals surface area contributed by atoms with E-state index in [-0.39, 0.29) is 6.04 Å². The second kappa shape index (κ2) is 8.62. The highest BCUT2D eigenvalue weighted by atomic mass is 32.2. The molecule has 0 radical (unpaired) electrons. The number of aliphatic imine (C=N–C) groups is 1. The molecular formula is C23H23N7O2S. The molecule has 33 heavy (non-hydrogen) atoms. The van der Waals surface area contributed by atoms with Crippen molar-refractivity contribution in [2.75, 3.05) is 24.3 Å². The Balaban J connectivity index is 1.67. The Bertz CT molecular complexity index is 1350. The van der Waals surface area contributed by atoms with E-state index in [0.717, 1.165) is 28.5 Å². The molecule has 0 bridgehead atoms. The maximum absolute atomic E-state index is 6.03.